The maximum atomic E-state index is 12.9. The van der Waals surface area contributed by atoms with Crippen LogP contribution in [0.1, 0.15) is 15.9 Å². The van der Waals surface area contributed by atoms with E-state index in [-0.39, 0.29) is 11.5 Å². The summed E-state index contributed by atoms with van der Waals surface area (Å²) in [5, 5.41) is 11.8. The summed E-state index contributed by atoms with van der Waals surface area (Å²) in [6.45, 7) is 0. The van der Waals surface area contributed by atoms with Crippen LogP contribution in [0, 0.1) is 10.1 Å². The third-order valence-electron chi connectivity index (χ3n) is 3.79. The molecule has 3 aromatic rings. The largest absolute Gasteiger partial charge is 0.289 e. The predicted molar refractivity (Wildman–Crippen MR) is 103 cm³/mol. The van der Waals surface area contributed by atoms with Gasteiger partial charge in [0.25, 0.3) is 5.69 Å². The van der Waals surface area contributed by atoms with E-state index in [0.29, 0.717) is 37.3 Å². The van der Waals surface area contributed by atoms with E-state index in [9.17, 15) is 14.9 Å². The summed E-state index contributed by atoms with van der Waals surface area (Å²) in [5.74, 6) is -0.294. The van der Waals surface area contributed by atoms with Crippen LogP contribution in [0.25, 0.3) is 11.1 Å². The lowest BCUT2D eigenvalue weighted by Crippen LogP contribution is -2.04. The lowest BCUT2D eigenvalue weighted by atomic mass is 9.94. The molecule has 0 aliphatic rings. The van der Waals surface area contributed by atoms with Crippen LogP contribution in [0.2, 0.25) is 15.1 Å². The molecule has 0 amide bonds. The number of carbonyl (C=O) groups excluding carboxylic acids is 1. The summed E-state index contributed by atoms with van der Waals surface area (Å²) in [6, 6.07) is 15.4. The van der Waals surface area contributed by atoms with Gasteiger partial charge in [-0.2, -0.15) is 0 Å². The summed E-state index contributed by atoms with van der Waals surface area (Å²) >= 11 is 18.5. The van der Waals surface area contributed by atoms with Crippen molar-refractivity contribution in [3.8, 4) is 11.1 Å². The standard InChI is InChI=1S/C19H10Cl3NO3/c20-12-9-16(21)18(17(22)10-12)14-3-1-2-4-15(14)19(24)11-5-7-13(8-6-11)23(25)26/h1-10H. The second-order valence-electron chi connectivity index (χ2n) is 5.42. The van der Waals surface area contributed by atoms with Crippen LogP contribution in [-0.4, -0.2) is 10.7 Å². The molecule has 0 aliphatic heterocycles. The van der Waals surface area contributed by atoms with Gasteiger partial charge in [0.15, 0.2) is 5.78 Å². The molecule has 0 N–H and O–H groups in total. The zero-order valence-electron chi connectivity index (χ0n) is 13.1. The fourth-order valence-electron chi connectivity index (χ4n) is 2.59. The smallest absolute Gasteiger partial charge is 0.269 e. The molecule has 0 saturated heterocycles. The minimum absolute atomic E-state index is 0.0846. The quantitative estimate of drug-likeness (QED) is 0.284. The van der Waals surface area contributed by atoms with E-state index in [0.717, 1.165) is 0 Å². The van der Waals surface area contributed by atoms with Crippen molar-refractivity contribution in [2.75, 3.05) is 0 Å². The van der Waals surface area contributed by atoms with Gasteiger partial charge in [-0.25, -0.2) is 0 Å². The molecule has 0 saturated carbocycles. The summed E-state index contributed by atoms with van der Waals surface area (Å²) < 4.78 is 0. The van der Waals surface area contributed by atoms with Crippen molar-refractivity contribution in [1.29, 1.82) is 0 Å². The molecule has 0 bridgehead atoms. The van der Waals surface area contributed by atoms with E-state index in [2.05, 4.69) is 0 Å². The first kappa shape index (κ1) is 18.4. The topological polar surface area (TPSA) is 60.2 Å². The first-order chi connectivity index (χ1) is 12.4. The molecule has 0 radical (unpaired) electrons. The Hall–Kier alpha value is -2.40. The molecule has 0 spiro atoms. The number of hydrogen-bond donors (Lipinski definition) is 0. The summed E-state index contributed by atoms with van der Waals surface area (Å²) in [5.41, 5.74) is 1.68. The highest BCUT2D eigenvalue weighted by Crippen LogP contribution is 2.39. The van der Waals surface area contributed by atoms with E-state index in [1.165, 1.54) is 24.3 Å². The molecule has 7 heteroatoms. The number of hydrogen-bond acceptors (Lipinski definition) is 3. The average Bonchev–Trinajstić information content (AvgIpc) is 2.61. The zero-order chi connectivity index (χ0) is 18.8. The summed E-state index contributed by atoms with van der Waals surface area (Å²) in [6.07, 6.45) is 0. The maximum absolute atomic E-state index is 12.9. The van der Waals surface area contributed by atoms with Gasteiger partial charge < -0.3 is 0 Å². The molecule has 0 atom stereocenters. The Morgan fingerprint density at radius 2 is 1.46 bits per heavy atom. The fraction of sp³-hybridized carbons (Fsp3) is 0. The molecular weight excluding hydrogens is 397 g/mol. The fourth-order valence-corrected chi connectivity index (χ4v) is 3.61. The minimum Gasteiger partial charge on any atom is -0.289 e. The van der Waals surface area contributed by atoms with Crippen molar-refractivity contribution in [3.05, 3.63) is 97.0 Å². The van der Waals surface area contributed by atoms with E-state index in [1.807, 2.05) is 0 Å². The molecule has 0 fully saturated rings. The lowest BCUT2D eigenvalue weighted by Gasteiger charge is -2.12. The van der Waals surface area contributed by atoms with E-state index >= 15 is 0 Å². The van der Waals surface area contributed by atoms with Crippen LogP contribution in [0.4, 0.5) is 5.69 Å². The van der Waals surface area contributed by atoms with Crippen molar-refractivity contribution in [3.63, 3.8) is 0 Å². The first-order valence-electron chi connectivity index (χ1n) is 7.41. The highest BCUT2D eigenvalue weighted by atomic mass is 35.5. The van der Waals surface area contributed by atoms with Gasteiger partial charge >= 0.3 is 0 Å². The molecule has 4 nitrogen and oxygen atoms in total. The number of non-ortho nitro benzene ring substituents is 1. The molecule has 0 unspecified atom stereocenters. The first-order valence-corrected chi connectivity index (χ1v) is 8.55. The average molecular weight is 407 g/mol. The molecule has 0 heterocycles. The van der Waals surface area contributed by atoms with Crippen LogP contribution >= 0.6 is 34.8 Å². The van der Waals surface area contributed by atoms with E-state index < -0.39 is 4.92 Å². The Kier molecular flexibility index (Phi) is 5.28. The molecule has 0 aromatic heterocycles. The van der Waals surface area contributed by atoms with Crippen molar-refractivity contribution in [1.82, 2.24) is 0 Å². The third-order valence-corrected chi connectivity index (χ3v) is 4.60. The van der Waals surface area contributed by atoms with Crippen LogP contribution in [0.5, 0.6) is 0 Å². The monoisotopic (exact) mass is 405 g/mol. The molecular formula is C19H10Cl3NO3. The van der Waals surface area contributed by atoms with E-state index in [1.54, 1.807) is 36.4 Å². The highest BCUT2D eigenvalue weighted by molar-refractivity contribution is 6.42. The number of benzene rings is 3. The number of nitro benzene ring substituents is 1. The summed E-state index contributed by atoms with van der Waals surface area (Å²) in [7, 11) is 0. The third kappa shape index (κ3) is 3.58. The van der Waals surface area contributed by atoms with E-state index in [4.69, 9.17) is 34.8 Å². The number of nitrogens with zero attached hydrogens (tertiary/aromatic N) is 1. The van der Waals surface area contributed by atoms with Gasteiger partial charge in [0, 0.05) is 33.8 Å². The number of ketones is 1. The van der Waals surface area contributed by atoms with Crippen molar-refractivity contribution in [2.24, 2.45) is 0 Å². The molecule has 26 heavy (non-hydrogen) atoms. The van der Waals surface area contributed by atoms with Crippen LogP contribution in [-0.2, 0) is 0 Å². The maximum Gasteiger partial charge on any atom is 0.269 e. The predicted octanol–water partition coefficient (Wildman–Crippen LogP) is 6.45. The van der Waals surface area contributed by atoms with Crippen LogP contribution in [0.3, 0.4) is 0 Å². The van der Waals surface area contributed by atoms with Crippen molar-refractivity contribution < 1.29 is 9.72 Å². The minimum atomic E-state index is -0.518. The molecule has 3 rings (SSSR count). The van der Waals surface area contributed by atoms with Gasteiger partial charge in [0.1, 0.15) is 0 Å². The normalized spacial score (nSPS) is 10.6. The molecule has 3 aromatic carbocycles. The molecule has 0 aliphatic carbocycles. The second-order valence-corrected chi connectivity index (χ2v) is 6.67. The second kappa shape index (κ2) is 7.46. The number of nitro groups is 1. The van der Waals surface area contributed by atoms with Gasteiger partial charge in [-0.15, -0.1) is 0 Å². The van der Waals surface area contributed by atoms with Gasteiger partial charge in [0.2, 0.25) is 0 Å². The number of carbonyl (C=O) groups is 1. The van der Waals surface area contributed by atoms with Crippen LogP contribution < -0.4 is 0 Å². The lowest BCUT2D eigenvalue weighted by molar-refractivity contribution is -0.384. The van der Waals surface area contributed by atoms with Crippen molar-refractivity contribution >= 4 is 46.3 Å². The Labute approximate surface area is 164 Å². The van der Waals surface area contributed by atoms with Crippen molar-refractivity contribution in [2.45, 2.75) is 0 Å². The van der Waals surface area contributed by atoms with Gasteiger partial charge in [0.05, 0.1) is 15.0 Å². The Balaban J connectivity index is 2.11. The Bertz CT molecular complexity index is 994. The SMILES string of the molecule is O=C(c1ccc([N+](=O)[O-])cc1)c1ccccc1-c1c(Cl)cc(Cl)cc1Cl. The summed E-state index contributed by atoms with van der Waals surface area (Å²) in [4.78, 5) is 23.2. The zero-order valence-corrected chi connectivity index (χ0v) is 15.3. The van der Waals surface area contributed by atoms with Gasteiger partial charge in [-0.05, 0) is 29.8 Å². The Morgan fingerprint density at radius 3 is 2.04 bits per heavy atom. The van der Waals surface area contributed by atoms with Gasteiger partial charge in [-0.1, -0.05) is 59.1 Å². The number of rotatable bonds is 4. The van der Waals surface area contributed by atoms with Gasteiger partial charge in [-0.3, -0.25) is 14.9 Å². The highest BCUT2D eigenvalue weighted by Gasteiger charge is 2.19. The Morgan fingerprint density at radius 1 is 0.885 bits per heavy atom. The van der Waals surface area contributed by atoms with Crippen LogP contribution in [0.15, 0.2) is 60.7 Å². The number of halogens is 3. The molecule has 130 valence electrons.